The van der Waals surface area contributed by atoms with Crippen molar-refractivity contribution in [3.05, 3.63) is 35.1 Å². The number of aliphatic carboxylic acids is 1. The van der Waals surface area contributed by atoms with E-state index in [0.29, 0.717) is 29.6 Å². The summed E-state index contributed by atoms with van der Waals surface area (Å²) in [7, 11) is 0. The zero-order chi connectivity index (χ0) is 17.3. The topological polar surface area (TPSA) is 88.3 Å². The molecule has 1 aromatic carbocycles. The van der Waals surface area contributed by atoms with Crippen LogP contribution in [0.15, 0.2) is 24.3 Å². The van der Waals surface area contributed by atoms with E-state index in [4.69, 9.17) is 16.7 Å². The van der Waals surface area contributed by atoms with E-state index in [1.54, 1.807) is 29.2 Å². The van der Waals surface area contributed by atoms with E-state index >= 15 is 0 Å². The third-order valence-corrected chi connectivity index (χ3v) is 4.29. The maximum absolute atomic E-state index is 12.0. The molecule has 126 valence electrons. The Balaban J connectivity index is 1.98. The molecule has 2 heterocycles. The van der Waals surface area contributed by atoms with E-state index < -0.39 is 5.97 Å². The Bertz CT molecular complexity index is 772. The maximum Gasteiger partial charge on any atom is 0.325 e. The molecular formula is C16H17ClN4O3. The van der Waals surface area contributed by atoms with Crippen LogP contribution < -0.4 is 0 Å². The first-order valence-corrected chi connectivity index (χ1v) is 8.05. The number of rotatable bonds is 5. The van der Waals surface area contributed by atoms with Gasteiger partial charge in [0.15, 0.2) is 11.6 Å². The number of aromatic nitrogens is 3. The summed E-state index contributed by atoms with van der Waals surface area (Å²) in [5.74, 6) is -0.0665. The van der Waals surface area contributed by atoms with Gasteiger partial charge in [-0.3, -0.25) is 9.59 Å². The number of carboxylic acids is 1. The lowest BCUT2D eigenvalue weighted by molar-refractivity contribution is -0.138. The van der Waals surface area contributed by atoms with Gasteiger partial charge in [0.05, 0.1) is 6.04 Å². The summed E-state index contributed by atoms with van der Waals surface area (Å²) in [5, 5.41) is 14.0. The Morgan fingerprint density at radius 3 is 2.67 bits per heavy atom. The molecule has 0 unspecified atom stereocenters. The van der Waals surface area contributed by atoms with Crippen molar-refractivity contribution in [1.29, 1.82) is 0 Å². The van der Waals surface area contributed by atoms with Gasteiger partial charge in [-0.15, -0.1) is 0 Å². The molecule has 1 fully saturated rings. The third-order valence-electron chi connectivity index (χ3n) is 4.04. The first-order valence-electron chi connectivity index (χ1n) is 7.67. The number of likely N-dealkylation sites (tertiary alicyclic amines) is 1. The van der Waals surface area contributed by atoms with Crippen molar-refractivity contribution in [2.45, 2.75) is 32.4 Å². The Morgan fingerprint density at radius 2 is 2.08 bits per heavy atom. The van der Waals surface area contributed by atoms with Gasteiger partial charge >= 0.3 is 5.97 Å². The summed E-state index contributed by atoms with van der Waals surface area (Å²) in [5.41, 5.74) is 0.740. The fourth-order valence-electron chi connectivity index (χ4n) is 2.85. The average molecular weight is 349 g/mol. The van der Waals surface area contributed by atoms with Crippen molar-refractivity contribution in [2.24, 2.45) is 0 Å². The number of carbonyl (C=O) groups excluding carboxylic acids is 1. The molecule has 1 aromatic heterocycles. The van der Waals surface area contributed by atoms with Crippen LogP contribution in [-0.4, -0.2) is 43.2 Å². The molecule has 1 N–H and O–H groups in total. The second kappa shape index (κ2) is 6.60. The number of carboxylic acid groups (broad SMARTS) is 1. The van der Waals surface area contributed by atoms with E-state index in [1.165, 1.54) is 4.68 Å². The first kappa shape index (κ1) is 16.4. The average Bonchev–Trinajstić information content (AvgIpc) is 3.13. The van der Waals surface area contributed by atoms with Gasteiger partial charge in [0.1, 0.15) is 6.54 Å². The molecule has 7 nitrogen and oxygen atoms in total. The predicted molar refractivity (Wildman–Crippen MR) is 87.5 cm³/mol. The number of carbonyl (C=O) groups is 2. The summed E-state index contributed by atoms with van der Waals surface area (Å²) in [6.07, 6.45) is 1.32. The van der Waals surface area contributed by atoms with E-state index in [1.807, 2.05) is 6.92 Å². The van der Waals surface area contributed by atoms with Crippen molar-refractivity contribution < 1.29 is 14.7 Å². The molecule has 0 bridgehead atoms. The molecule has 0 spiro atoms. The van der Waals surface area contributed by atoms with E-state index in [9.17, 15) is 9.59 Å². The van der Waals surface area contributed by atoms with Crippen molar-refractivity contribution in [1.82, 2.24) is 19.7 Å². The van der Waals surface area contributed by atoms with Crippen LogP contribution in [0.4, 0.5) is 0 Å². The maximum atomic E-state index is 12.0. The number of hydrogen-bond donors (Lipinski definition) is 1. The molecule has 1 aliphatic rings. The number of nitrogens with zero attached hydrogens (tertiary/aromatic N) is 4. The van der Waals surface area contributed by atoms with Gasteiger partial charge in [0, 0.05) is 23.6 Å². The summed E-state index contributed by atoms with van der Waals surface area (Å²) >= 11 is 5.89. The van der Waals surface area contributed by atoms with Crippen LogP contribution in [0.25, 0.3) is 11.4 Å². The van der Waals surface area contributed by atoms with Gasteiger partial charge < -0.3 is 10.0 Å². The minimum absolute atomic E-state index is 0.0559. The smallest absolute Gasteiger partial charge is 0.325 e. The second-order valence-electron chi connectivity index (χ2n) is 5.72. The zero-order valence-corrected chi connectivity index (χ0v) is 13.9. The lowest BCUT2D eigenvalue weighted by Gasteiger charge is -2.23. The highest BCUT2D eigenvalue weighted by molar-refractivity contribution is 6.30. The fourth-order valence-corrected chi connectivity index (χ4v) is 2.97. The van der Waals surface area contributed by atoms with E-state index in [0.717, 1.165) is 12.0 Å². The number of benzene rings is 1. The highest BCUT2D eigenvalue weighted by atomic mass is 35.5. The monoisotopic (exact) mass is 348 g/mol. The van der Waals surface area contributed by atoms with Crippen molar-refractivity contribution >= 4 is 23.5 Å². The van der Waals surface area contributed by atoms with Gasteiger partial charge in [-0.2, -0.15) is 5.10 Å². The van der Waals surface area contributed by atoms with Crippen LogP contribution in [0.1, 0.15) is 31.6 Å². The van der Waals surface area contributed by atoms with Crippen LogP contribution >= 0.6 is 11.6 Å². The largest absolute Gasteiger partial charge is 0.480 e. The predicted octanol–water partition coefficient (Wildman–Crippen LogP) is 2.37. The Hall–Kier alpha value is -2.41. The highest BCUT2D eigenvalue weighted by Gasteiger charge is 2.30. The zero-order valence-electron chi connectivity index (χ0n) is 13.1. The molecule has 1 aliphatic heterocycles. The molecule has 8 heteroatoms. The van der Waals surface area contributed by atoms with Gasteiger partial charge in [-0.25, -0.2) is 9.67 Å². The molecule has 3 rings (SSSR count). The van der Waals surface area contributed by atoms with Gasteiger partial charge in [0.2, 0.25) is 5.91 Å². The van der Waals surface area contributed by atoms with Crippen LogP contribution in [0.2, 0.25) is 5.02 Å². The molecule has 2 aromatic rings. The number of halogens is 1. The van der Waals surface area contributed by atoms with Crippen molar-refractivity contribution in [3.63, 3.8) is 0 Å². The highest BCUT2D eigenvalue weighted by Crippen LogP contribution is 2.27. The molecule has 1 atom stereocenters. The lowest BCUT2D eigenvalue weighted by Crippen LogP contribution is -2.30. The quantitative estimate of drug-likeness (QED) is 0.896. The van der Waals surface area contributed by atoms with Crippen LogP contribution in [0.5, 0.6) is 0 Å². The Morgan fingerprint density at radius 1 is 1.38 bits per heavy atom. The normalized spacial score (nSPS) is 15.8. The van der Waals surface area contributed by atoms with Crippen LogP contribution in [0, 0.1) is 0 Å². The van der Waals surface area contributed by atoms with Crippen LogP contribution in [0.3, 0.4) is 0 Å². The minimum Gasteiger partial charge on any atom is -0.480 e. The number of amides is 1. The summed E-state index contributed by atoms with van der Waals surface area (Å²) in [6, 6.07) is 6.67. The Kier molecular flexibility index (Phi) is 4.53. The Labute approximate surface area is 143 Å². The summed E-state index contributed by atoms with van der Waals surface area (Å²) in [4.78, 5) is 29.3. The van der Waals surface area contributed by atoms with Gasteiger partial charge in [0.25, 0.3) is 0 Å². The van der Waals surface area contributed by atoms with Crippen molar-refractivity contribution in [3.8, 4) is 11.4 Å². The van der Waals surface area contributed by atoms with Gasteiger partial charge in [-0.05, 0) is 37.6 Å². The third kappa shape index (κ3) is 3.26. The van der Waals surface area contributed by atoms with Crippen LogP contribution in [-0.2, 0) is 16.1 Å². The summed E-state index contributed by atoms with van der Waals surface area (Å²) in [6.45, 7) is 2.19. The molecule has 0 saturated carbocycles. The van der Waals surface area contributed by atoms with Crippen molar-refractivity contribution in [2.75, 3.05) is 6.54 Å². The van der Waals surface area contributed by atoms with E-state index in [-0.39, 0.29) is 18.5 Å². The number of hydrogen-bond acceptors (Lipinski definition) is 4. The summed E-state index contributed by atoms with van der Waals surface area (Å²) < 4.78 is 1.35. The lowest BCUT2D eigenvalue weighted by atomic mass is 10.2. The molecule has 1 amide bonds. The molecule has 0 aliphatic carbocycles. The second-order valence-corrected chi connectivity index (χ2v) is 6.15. The minimum atomic E-state index is -1.01. The SMILES string of the molecule is C[C@H](c1nc(-c2ccc(Cl)cc2)nn1CC(=O)O)N1CCCC1=O. The molecule has 24 heavy (non-hydrogen) atoms. The van der Waals surface area contributed by atoms with Gasteiger partial charge in [-0.1, -0.05) is 11.6 Å². The molecule has 0 radical (unpaired) electrons. The molecule has 1 saturated heterocycles. The first-order chi connectivity index (χ1) is 11.5. The fraction of sp³-hybridized carbons (Fsp3) is 0.375. The molecular weight excluding hydrogens is 332 g/mol. The standard InChI is InChI=1S/C16H17ClN4O3/c1-10(20-8-2-3-13(20)22)16-18-15(19-21(16)9-14(23)24)11-4-6-12(17)7-5-11/h4-7,10H,2-3,8-9H2,1H3,(H,23,24)/t10-/m1/s1. The van der Waals surface area contributed by atoms with E-state index in [2.05, 4.69) is 10.1 Å².